The fraction of sp³-hybridized carbons (Fsp3) is 0.429. The van der Waals surface area contributed by atoms with E-state index in [1.54, 1.807) is 29.4 Å². The molecule has 1 aliphatic rings. The number of anilines is 1. The molecule has 1 aliphatic heterocycles. The first-order valence-electron chi connectivity index (χ1n) is 7.07. The number of hydrogen-bond donors (Lipinski definition) is 0. The molecule has 1 aromatic heterocycles. The van der Waals surface area contributed by atoms with Crippen molar-refractivity contribution in [3.05, 3.63) is 41.0 Å². The van der Waals surface area contributed by atoms with E-state index in [4.69, 9.17) is 0 Å². The predicted molar refractivity (Wildman–Crippen MR) is 78.7 cm³/mol. The molecule has 2 heterocycles. The van der Waals surface area contributed by atoms with Gasteiger partial charge in [-0.3, -0.25) is 14.7 Å². The number of piperidine rings is 1. The molecule has 3 rings (SSSR count). The zero-order valence-corrected chi connectivity index (χ0v) is 11.8. The van der Waals surface area contributed by atoms with E-state index in [2.05, 4.69) is 22.0 Å². The van der Waals surface area contributed by atoms with Crippen molar-refractivity contribution in [2.75, 3.05) is 11.4 Å². The summed E-state index contributed by atoms with van der Waals surface area (Å²) in [5, 5.41) is 18.6. The topological polar surface area (TPSA) is 77.1 Å². The molecule has 0 amide bonds. The van der Waals surface area contributed by atoms with Crippen molar-refractivity contribution in [1.82, 2.24) is 14.8 Å². The first kappa shape index (κ1) is 13.5. The second kappa shape index (κ2) is 5.51. The third kappa shape index (κ3) is 2.58. The van der Waals surface area contributed by atoms with Gasteiger partial charge in [-0.1, -0.05) is 0 Å². The van der Waals surface area contributed by atoms with Gasteiger partial charge in [-0.05, 0) is 32.3 Å². The predicted octanol–water partition coefficient (Wildman–Crippen LogP) is 2.55. The summed E-state index contributed by atoms with van der Waals surface area (Å²) in [5.74, 6) is 0. The molecule has 21 heavy (non-hydrogen) atoms. The van der Waals surface area contributed by atoms with Gasteiger partial charge in [0, 0.05) is 24.7 Å². The van der Waals surface area contributed by atoms with Gasteiger partial charge in [-0.2, -0.15) is 0 Å². The number of rotatable bonds is 3. The van der Waals surface area contributed by atoms with Crippen LogP contribution < -0.4 is 4.90 Å². The molecule has 0 saturated carbocycles. The molecule has 7 nitrogen and oxygen atoms in total. The van der Waals surface area contributed by atoms with Crippen LogP contribution in [0.1, 0.15) is 26.2 Å². The van der Waals surface area contributed by atoms with Gasteiger partial charge in [0.15, 0.2) is 0 Å². The number of non-ortho nitro benzene ring substituents is 1. The standard InChI is InChI=1S/C14H17N5O2/c1-11-4-2-3-7-18(11)13-6-5-12(19(20)21)8-14(13)17-9-15-16-10-17/h5-6,8-11H,2-4,7H2,1H3. The third-order valence-electron chi connectivity index (χ3n) is 3.98. The normalized spacial score (nSPS) is 18.7. The lowest BCUT2D eigenvalue weighted by atomic mass is 10.0. The minimum absolute atomic E-state index is 0.0760. The van der Waals surface area contributed by atoms with Crippen LogP contribution in [0.15, 0.2) is 30.9 Å². The van der Waals surface area contributed by atoms with Gasteiger partial charge in [0.05, 0.1) is 16.3 Å². The monoisotopic (exact) mass is 287 g/mol. The quantitative estimate of drug-likeness (QED) is 0.640. The largest absolute Gasteiger partial charge is 0.367 e. The van der Waals surface area contributed by atoms with E-state index in [-0.39, 0.29) is 10.6 Å². The lowest BCUT2D eigenvalue weighted by molar-refractivity contribution is -0.384. The third-order valence-corrected chi connectivity index (χ3v) is 3.98. The summed E-state index contributed by atoms with van der Waals surface area (Å²) in [6, 6.07) is 5.40. The van der Waals surface area contributed by atoms with Gasteiger partial charge in [0.25, 0.3) is 5.69 Å². The molecule has 0 N–H and O–H groups in total. The van der Waals surface area contributed by atoms with Crippen LogP contribution in [-0.2, 0) is 0 Å². The zero-order chi connectivity index (χ0) is 14.8. The molecule has 0 aliphatic carbocycles. The lowest BCUT2D eigenvalue weighted by Crippen LogP contribution is -2.38. The van der Waals surface area contributed by atoms with E-state index in [0.29, 0.717) is 6.04 Å². The average Bonchev–Trinajstić information content (AvgIpc) is 3.01. The molecule has 110 valence electrons. The molecule has 1 unspecified atom stereocenters. The van der Waals surface area contributed by atoms with Crippen molar-refractivity contribution >= 4 is 11.4 Å². The number of nitro groups is 1. The Hall–Kier alpha value is -2.44. The molecular weight excluding hydrogens is 270 g/mol. The van der Waals surface area contributed by atoms with Crippen LogP contribution in [-0.4, -0.2) is 32.3 Å². The van der Waals surface area contributed by atoms with Crippen molar-refractivity contribution < 1.29 is 4.92 Å². The van der Waals surface area contributed by atoms with E-state index in [1.165, 1.54) is 6.42 Å². The molecule has 1 saturated heterocycles. The highest BCUT2D eigenvalue weighted by Crippen LogP contribution is 2.32. The van der Waals surface area contributed by atoms with Crippen molar-refractivity contribution in [2.45, 2.75) is 32.2 Å². The van der Waals surface area contributed by atoms with E-state index in [9.17, 15) is 10.1 Å². The molecule has 0 bridgehead atoms. The lowest BCUT2D eigenvalue weighted by Gasteiger charge is -2.36. The summed E-state index contributed by atoms with van der Waals surface area (Å²) in [4.78, 5) is 13.0. The Kier molecular flexibility index (Phi) is 3.55. The fourth-order valence-corrected chi connectivity index (χ4v) is 2.86. The van der Waals surface area contributed by atoms with E-state index in [1.807, 2.05) is 6.07 Å². The average molecular weight is 287 g/mol. The maximum absolute atomic E-state index is 11.0. The van der Waals surface area contributed by atoms with Crippen molar-refractivity contribution in [1.29, 1.82) is 0 Å². The molecule has 0 spiro atoms. The Balaban J connectivity index is 2.08. The first-order chi connectivity index (χ1) is 10.2. The number of nitrogens with zero attached hydrogens (tertiary/aromatic N) is 5. The van der Waals surface area contributed by atoms with E-state index in [0.717, 1.165) is 30.8 Å². The van der Waals surface area contributed by atoms with Crippen LogP contribution in [0.3, 0.4) is 0 Å². The summed E-state index contributed by atoms with van der Waals surface area (Å²) >= 11 is 0. The minimum atomic E-state index is -0.378. The Bertz CT molecular complexity index is 641. The number of hydrogen-bond acceptors (Lipinski definition) is 5. The van der Waals surface area contributed by atoms with Crippen LogP contribution in [0, 0.1) is 10.1 Å². The maximum Gasteiger partial charge on any atom is 0.271 e. The minimum Gasteiger partial charge on any atom is -0.367 e. The summed E-state index contributed by atoms with van der Waals surface area (Å²) in [6.45, 7) is 3.16. The Morgan fingerprint density at radius 2 is 2.00 bits per heavy atom. The maximum atomic E-state index is 11.0. The van der Waals surface area contributed by atoms with Crippen LogP contribution in [0.25, 0.3) is 5.69 Å². The molecule has 0 radical (unpaired) electrons. The SMILES string of the molecule is CC1CCCCN1c1ccc([N+](=O)[O-])cc1-n1cnnc1. The summed E-state index contributed by atoms with van der Waals surface area (Å²) < 4.78 is 1.73. The highest BCUT2D eigenvalue weighted by molar-refractivity contribution is 5.67. The summed E-state index contributed by atoms with van der Waals surface area (Å²) in [6.07, 6.45) is 6.64. The van der Waals surface area contributed by atoms with Crippen LogP contribution in [0.2, 0.25) is 0 Å². The highest BCUT2D eigenvalue weighted by Gasteiger charge is 2.23. The number of aromatic nitrogens is 3. The van der Waals surface area contributed by atoms with E-state index >= 15 is 0 Å². The number of nitro benzene ring substituents is 1. The molecule has 1 atom stereocenters. The van der Waals surface area contributed by atoms with Gasteiger partial charge in [-0.25, -0.2) is 0 Å². The smallest absolute Gasteiger partial charge is 0.271 e. The fourth-order valence-electron chi connectivity index (χ4n) is 2.86. The van der Waals surface area contributed by atoms with Crippen molar-refractivity contribution in [3.8, 4) is 5.69 Å². The molecule has 1 fully saturated rings. The Labute approximate surface area is 122 Å². The van der Waals surface area contributed by atoms with Crippen LogP contribution in [0.5, 0.6) is 0 Å². The van der Waals surface area contributed by atoms with Gasteiger partial charge >= 0.3 is 0 Å². The van der Waals surface area contributed by atoms with Gasteiger partial charge in [0.1, 0.15) is 12.7 Å². The molecule has 7 heteroatoms. The van der Waals surface area contributed by atoms with Crippen LogP contribution in [0.4, 0.5) is 11.4 Å². The summed E-state index contributed by atoms with van der Waals surface area (Å²) in [5.41, 5.74) is 1.82. The zero-order valence-electron chi connectivity index (χ0n) is 11.8. The van der Waals surface area contributed by atoms with Gasteiger partial charge in [-0.15, -0.1) is 10.2 Å². The molecular formula is C14H17N5O2. The van der Waals surface area contributed by atoms with Crippen molar-refractivity contribution in [3.63, 3.8) is 0 Å². The van der Waals surface area contributed by atoms with Gasteiger partial charge < -0.3 is 4.90 Å². The first-order valence-corrected chi connectivity index (χ1v) is 7.07. The second-order valence-corrected chi connectivity index (χ2v) is 5.34. The Morgan fingerprint density at radius 3 is 2.67 bits per heavy atom. The highest BCUT2D eigenvalue weighted by atomic mass is 16.6. The number of benzene rings is 1. The van der Waals surface area contributed by atoms with Crippen molar-refractivity contribution in [2.24, 2.45) is 0 Å². The second-order valence-electron chi connectivity index (χ2n) is 5.34. The van der Waals surface area contributed by atoms with E-state index < -0.39 is 0 Å². The summed E-state index contributed by atoms with van der Waals surface area (Å²) in [7, 11) is 0. The van der Waals surface area contributed by atoms with Crippen LogP contribution >= 0.6 is 0 Å². The Morgan fingerprint density at radius 1 is 1.24 bits per heavy atom. The molecule has 1 aromatic carbocycles. The van der Waals surface area contributed by atoms with Gasteiger partial charge in [0.2, 0.25) is 0 Å². The molecule has 2 aromatic rings.